The molecule has 1 aromatic rings. The molecular formula is C16H27N3. The van der Waals surface area contributed by atoms with Gasteiger partial charge in [0.25, 0.3) is 0 Å². The summed E-state index contributed by atoms with van der Waals surface area (Å²) in [6, 6.07) is 4.26. The molecule has 1 aliphatic heterocycles. The van der Waals surface area contributed by atoms with Crippen molar-refractivity contribution in [1.82, 2.24) is 15.2 Å². The van der Waals surface area contributed by atoms with Gasteiger partial charge in [0.1, 0.15) is 0 Å². The van der Waals surface area contributed by atoms with Crippen LogP contribution in [0.4, 0.5) is 0 Å². The predicted molar refractivity (Wildman–Crippen MR) is 80.3 cm³/mol. The van der Waals surface area contributed by atoms with Crippen LogP contribution in [0.1, 0.15) is 31.7 Å². The fourth-order valence-corrected chi connectivity index (χ4v) is 2.84. The molecule has 0 amide bonds. The molecule has 1 aliphatic rings. The maximum atomic E-state index is 4.07. The van der Waals surface area contributed by atoms with E-state index >= 15 is 0 Å². The molecular weight excluding hydrogens is 234 g/mol. The predicted octanol–water partition coefficient (Wildman–Crippen LogP) is 2.34. The normalized spacial score (nSPS) is 20.6. The lowest BCUT2D eigenvalue weighted by Gasteiger charge is -2.32. The summed E-state index contributed by atoms with van der Waals surface area (Å²) in [7, 11) is 0. The zero-order valence-electron chi connectivity index (χ0n) is 12.1. The molecule has 1 unspecified atom stereocenters. The van der Waals surface area contributed by atoms with Gasteiger partial charge in [0, 0.05) is 25.5 Å². The second kappa shape index (κ2) is 8.28. The van der Waals surface area contributed by atoms with Gasteiger partial charge in [0.15, 0.2) is 0 Å². The molecule has 2 rings (SSSR count). The zero-order valence-corrected chi connectivity index (χ0v) is 12.1. The van der Waals surface area contributed by atoms with Gasteiger partial charge in [-0.15, -0.1) is 0 Å². The molecule has 2 heterocycles. The van der Waals surface area contributed by atoms with Crippen molar-refractivity contribution >= 4 is 0 Å². The van der Waals surface area contributed by atoms with Crippen LogP contribution in [0.3, 0.4) is 0 Å². The van der Waals surface area contributed by atoms with Gasteiger partial charge in [-0.05, 0) is 68.9 Å². The lowest BCUT2D eigenvalue weighted by molar-refractivity contribution is 0.174. The first kappa shape index (κ1) is 14.5. The summed E-state index contributed by atoms with van der Waals surface area (Å²) >= 11 is 0. The molecule has 3 heteroatoms. The Balaban J connectivity index is 1.69. The van der Waals surface area contributed by atoms with Crippen molar-refractivity contribution in [2.45, 2.75) is 32.6 Å². The number of pyridine rings is 1. The SMILES string of the molecule is CCCNCC1CCCN(CCc2ccncc2)C1. The van der Waals surface area contributed by atoms with Crippen LogP contribution >= 0.6 is 0 Å². The average Bonchev–Trinajstić information content (AvgIpc) is 2.47. The van der Waals surface area contributed by atoms with E-state index in [0.717, 1.165) is 18.9 Å². The van der Waals surface area contributed by atoms with Gasteiger partial charge in [-0.2, -0.15) is 0 Å². The van der Waals surface area contributed by atoms with Crippen molar-refractivity contribution in [3.63, 3.8) is 0 Å². The van der Waals surface area contributed by atoms with E-state index in [4.69, 9.17) is 0 Å². The molecule has 3 nitrogen and oxygen atoms in total. The van der Waals surface area contributed by atoms with Crippen LogP contribution in [-0.4, -0.2) is 42.6 Å². The second-order valence-corrected chi connectivity index (χ2v) is 5.62. The number of likely N-dealkylation sites (tertiary alicyclic amines) is 1. The highest BCUT2D eigenvalue weighted by molar-refractivity contribution is 5.09. The van der Waals surface area contributed by atoms with Crippen LogP contribution in [0.15, 0.2) is 24.5 Å². The van der Waals surface area contributed by atoms with Gasteiger partial charge < -0.3 is 10.2 Å². The molecule has 0 aliphatic carbocycles. The van der Waals surface area contributed by atoms with E-state index in [1.807, 2.05) is 12.4 Å². The largest absolute Gasteiger partial charge is 0.316 e. The van der Waals surface area contributed by atoms with Crippen molar-refractivity contribution in [3.05, 3.63) is 30.1 Å². The molecule has 1 atom stereocenters. The lowest BCUT2D eigenvalue weighted by atomic mass is 9.97. The first-order valence-electron chi connectivity index (χ1n) is 7.70. The Morgan fingerprint density at radius 2 is 2.21 bits per heavy atom. The number of aromatic nitrogens is 1. The van der Waals surface area contributed by atoms with E-state index in [2.05, 4.69) is 34.3 Å². The Labute approximate surface area is 117 Å². The third-order valence-corrected chi connectivity index (χ3v) is 3.93. The summed E-state index contributed by atoms with van der Waals surface area (Å²) in [4.78, 5) is 6.70. The van der Waals surface area contributed by atoms with Gasteiger partial charge in [-0.3, -0.25) is 4.98 Å². The molecule has 1 aromatic heterocycles. The van der Waals surface area contributed by atoms with Gasteiger partial charge in [0.05, 0.1) is 0 Å². The molecule has 0 saturated carbocycles. The highest BCUT2D eigenvalue weighted by atomic mass is 15.1. The molecule has 106 valence electrons. The van der Waals surface area contributed by atoms with Crippen molar-refractivity contribution < 1.29 is 0 Å². The van der Waals surface area contributed by atoms with Crippen LogP contribution in [-0.2, 0) is 6.42 Å². The first-order valence-corrected chi connectivity index (χ1v) is 7.70. The fraction of sp³-hybridized carbons (Fsp3) is 0.688. The van der Waals surface area contributed by atoms with Crippen molar-refractivity contribution in [3.8, 4) is 0 Å². The van der Waals surface area contributed by atoms with E-state index in [1.54, 1.807) is 0 Å². The van der Waals surface area contributed by atoms with Crippen molar-refractivity contribution in [1.29, 1.82) is 0 Å². The fourth-order valence-electron chi connectivity index (χ4n) is 2.84. The van der Waals surface area contributed by atoms with E-state index in [1.165, 1.54) is 51.0 Å². The quantitative estimate of drug-likeness (QED) is 0.764. The molecule has 0 aromatic carbocycles. The number of nitrogens with one attached hydrogen (secondary N) is 1. The minimum atomic E-state index is 0.845. The average molecular weight is 261 g/mol. The molecule has 1 N–H and O–H groups in total. The van der Waals surface area contributed by atoms with E-state index in [0.29, 0.717) is 0 Å². The summed E-state index contributed by atoms with van der Waals surface area (Å²) in [5.41, 5.74) is 1.40. The second-order valence-electron chi connectivity index (χ2n) is 5.62. The smallest absolute Gasteiger partial charge is 0.0270 e. The summed E-state index contributed by atoms with van der Waals surface area (Å²) in [6.07, 6.45) is 8.92. The Hall–Kier alpha value is -0.930. The standard InChI is InChI=1S/C16H27N3/c1-2-8-18-13-16-4-3-11-19(14-16)12-7-15-5-9-17-10-6-15/h5-6,9-10,16,18H,2-4,7-8,11-14H2,1H3. The maximum Gasteiger partial charge on any atom is 0.0270 e. The molecule has 0 spiro atoms. The topological polar surface area (TPSA) is 28.2 Å². The molecule has 0 radical (unpaired) electrons. The molecule has 0 bridgehead atoms. The Morgan fingerprint density at radius 3 is 3.00 bits per heavy atom. The van der Waals surface area contributed by atoms with Crippen molar-refractivity contribution in [2.24, 2.45) is 5.92 Å². The number of nitrogens with zero attached hydrogens (tertiary/aromatic N) is 2. The van der Waals surface area contributed by atoms with E-state index in [9.17, 15) is 0 Å². The highest BCUT2D eigenvalue weighted by Crippen LogP contribution is 2.16. The van der Waals surface area contributed by atoms with Gasteiger partial charge in [-0.1, -0.05) is 6.92 Å². The maximum absolute atomic E-state index is 4.07. The summed E-state index contributed by atoms with van der Waals surface area (Å²) in [5.74, 6) is 0.845. The van der Waals surface area contributed by atoms with Crippen LogP contribution in [0.25, 0.3) is 0 Å². The molecule has 1 fully saturated rings. The van der Waals surface area contributed by atoms with E-state index < -0.39 is 0 Å². The van der Waals surface area contributed by atoms with Gasteiger partial charge in [0.2, 0.25) is 0 Å². The highest BCUT2D eigenvalue weighted by Gasteiger charge is 2.18. The van der Waals surface area contributed by atoms with Crippen LogP contribution in [0.5, 0.6) is 0 Å². The molecule has 1 saturated heterocycles. The minimum Gasteiger partial charge on any atom is -0.316 e. The summed E-state index contributed by atoms with van der Waals surface area (Å²) in [6.45, 7) is 8.31. The van der Waals surface area contributed by atoms with Crippen LogP contribution in [0.2, 0.25) is 0 Å². The van der Waals surface area contributed by atoms with Gasteiger partial charge >= 0.3 is 0 Å². The van der Waals surface area contributed by atoms with Crippen molar-refractivity contribution in [2.75, 3.05) is 32.7 Å². The van der Waals surface area contributed by atoms with Crippen LogP contribution in [0, 0.1) is 5.92 Å². The Bertz CT molecular complexity index is 339. The van der Waals surface area contributed by atoms with E-state index in [-0.39, 0.29) is 0 Å². The Morgan fingerprint density at radius 1 is 1.37 bits per heavy atom. The van der Waals surface area contributed by atoms with Crippen LogP contribution < -0.4 is 5.32 Å². The monoisotopic (exact) mass is 261 g/mol. The molecule has 19 heavy (non-hydrogen) atoms. The Kier molecular flexibility index (Phi) is 6.31. The third kappa shape index (κ3) is 5.29. The summed E-state index contributed by atoms with van der Waals surface area (Å²) in [5, 5.41) is 3.56. The lowest BCUT2D eigenvalue weighted by Crippen LogP contribution is -2.40. The van der Waals surface area contributed by atoms with Gasteiger partial charge in [-0.25, -0.2) is 0 Å². The summed E-state index contributed by atoms with van der Waals surface area (Å²) < 4.78 is 0. The third-order valence-electron chi connectivity index (χ3n) is 3.93. The number of hydrogen-bond donors (Lipinski definition) is 1. The first-order chi connectivity index (χ1) is 9.38. The number of hydrogen-bond acceptors (Lipinski definition) is 3. The number of piperidine rings is 1. The zero-order chi connectivity index (χ0) is 13.3. The number of rotatable bonds is 7. The minimum absolute atomic E-state index is 0.845.